The summed E-state index contributed by atoms with van der Waals surface area (Å²) < 4.78 is 17.0. The molecule has 2 atom stereocenters. The molecule has 3 rings (SSSR count). The molecular formula is C15H20O4. The minimum Gasteiger partial charge on any atom is -0.497 e. The van der Waals surface area contributed by atoms with Gasteiger partial charge in [-0.25, -0.2) is 0 Å². The van der Waals surface area contributed by atoms with Crippen molar-refractivity contribution in [3.63, 3.8) is 0 Å². The van der Waals surface area contributed by atoms with Crippen LogP contribution in [0.15, 0.2) is 18.2 Å². The number of methoxy groups -OCH3 is 1. The van der Waals surface area contributed by atoms with E-state index in [9.17, 15) is 5.11 Å². The summed E-state index contributed by atoms with van der Waals surface area (Å²) in [4.78, 5) is 0. The predicted molar refractivity (Wildman–Crippen MR) is 70.6 cm³/mol. The number of benzene rings is 1. The second-order valence-electron chi connectivity index (χ2n) is 5.37. The Hall–Kier alpha value is -1.26. The van der Waals surface area contributed by atoms with E-state index in [0.717, 1.165) is 42.9 Å². The van der Waals surface area contributed by atoms with Crippen LogP contribution in [-0.4, -0.2) is 31.0 Å². The molecule has 1 unspecified atom stereocenters. The Morgan fingerprint density at radius 1 is 1.32 bits per heavy atom. The van der Waals surface area contributed by atoms with Gasteiger partial charge in [-0.3, -0.25) is 0 Å². The molecule has 19 heavy (non-hydrogen) atoms. The Bertz CT molecular complexity index is 449. The fourth-order valence-corrected chi connectivity index (χ4v) is 3.03. The van der Waals surface area contributed by atoms with Crippen LogP contribution in [0.1, 0.15) is 37.4 Å². The third kappa shape index (κ3) is 2.42. The van der Waals surface area contributed by atoms with Crippen molar-refractivity contribution in [2.75, 3.05) is 20.3 Å². The summed E-state index contributed by atoms with van der Waals surface area (Å²) in [6.07, 6.45) is 2.93. The van der Waals surface area contributed by atoms with Crippen LogP contribution in [0.2, 0.25) is 0 Å². The lowest BCUT2D eigenvalue weighted by Gasteiger charge is -2.40. The van der Waals surface area contributed by atoms with Crippen LogP contribution in [0.25, 0.3) is 0 Å². The van der Waals surface area contributed by atoms with Gasteiger partial charge < -0.3 is 19.3 Å². The standard InChI is InChI=1S/C15H20O4/c1-17-11-3-4-12-13(16)10-15(19-14(12)9-11)5-2-7-18-8-6-15/h3-4,9,13,16H,2,5-8,10H2,1H3/t13-,15?/m1/s1. The predicted octanol–water partition coefficient (Wildman–Crippen LogP) is 2.45. The summed E-state index contributed by atoms with van der Waals surface area (Å²) in [7, 11) is 1.64. The molecule has 0 aliphatic carbocycles. The lowest BCUT2D eigenvalue weighted by molar-refractivity contribution is -0.0273. The molecule has 2 aliphatic heterocycles. The average Bonchev–Trinajstić information content (AvgIpc) is 2.63. The maximum Gasteiger partial charge on any atom is 0.129 e. The number of aliphatic hydroxyl groups is 1. The maximum absolute atomic E-state index is 10.4. The first-order valence-electron chi connectivity index (χ1n) is 6.85. The smallest absolute Gasteiger partial charge is 0.129 e. The Labute approximate surface area is 113 Å². The normalized spacial score (nSPS) is 30.3. The van der Waals surface area contributed by atoms with Gasteiger partial charge in [0.25, 0.3) is 0 Å². The maximum atomic E-state index is 10.4. The van der Waals surface area contributed by atoms with Crippen molar-refractivity contribution in [3.05, 3.63) is 23.8 Å². The summed E-state index contributed by atoms with van der Waals surface area (Å²) >= 11 is 0. The van der Waals surface area contributed by atoms with Gasteiger partial charge in [-0.15, -0.1) is 0 Å². The molecule has 1 saturated heterocycles. The largest absolute Gasteiger partial charge is 0.497 e. The highest BCUT2D eigenvalue weighted by Gasteiger charge is 2.40. The number of ether oxygens (including phenoxy) is 3. The van der Waals surface area contributed by atoms with Crippen LogP contribution in [-0.2, 0) is 4.74 Å². The molecule has 1 spiro atoms. The summed E-state index contributed by atoms with van der Waals surface area (Å²) in [5.74, 6) is 1.51. The SMILES string of the molecule is COc1ccc2c(c1)OC1(CCCOCC1)C[C@H]2O. The van der Waals surface area contributed by atoms with Crippen molar-refractivity contribution >= 4 is 0 Å². The van der Waals surface area contributed by atoms with E-state index >= 15 is 0 Å². The molecule has 4 nitrogen and oxygen atoms in total. The highest BCUT2D eigenvalue weighted by Crippen LogP contribution is 2.45. The topological polar surface area (TPSA) is 47.9 Å². The first-order chi connectivity index (χ1) is 9.22. The fourth-order valence-electron chi connectivity index (χ4n) is 3.03. The van der Waals surface area contributed by atoms with Gasteiger partial charge in [0.1, 0.15) is 17.1 Å². The molecule has 4 heteroatoms. The van der Waals surface area contributed by atoms with Gasteiger partial charge in [-0.2, -0.15) is 0 Å². The number of fused-ring (bicyclic) bond motifs is 1. The molecule has 0 saturated carbocycles. The van der Waals surface area contributed by atoms with Crippen molar-refractivity contribution in [1.82, 2.24) is 0 Å². The fraction of sp³-hybridized carbons (Fsp3) is 0.600. The Morgan fingerprint density at radius 2 is 2.21 bits per heavy atom. The van der Waals surface area contributed by atoms with E-state index in [0.29, 0.717) is 13.0 Å². The van der Waals surface area contributed by atoms with Gasteiger partial charge >= 0.3 is 0 Å². The molecule has 0 bridgehead atoms. The summed E-state index contributed by atoms with van der Waals surface area (Å²) in [6, 6.07) is 5.61. The summed E-state index contributed by atoms with van der Waals surface area (Å²) in [5, 5.41) is 10.4. The first kappa shape index (κ1) is 12.8. The monoisotopic (exact) mass is 264 g/mol. The van der Waals surface area contributed by atoms with E-state index < -0.39 is 6.10 Å². The zero-order valence-corrected chi connectivity index (χ0v) is 11.2. The van der Waals surface area contributed by atoms with Gasteiger partial charge in [0, 0.05) is 31.1 Å². The van der Waals surface area contributed by atoms with Gasteiger partial charge in [0.05, 0.1) is 19.8 Å². The third-order valence-electron chi connectivity index (χ3n) is 4.09. The molecule has 1 fully saturated rings. The van der Waals surface area contributed by atoms with E-state index in [1.807, 2.05) is 18.2 Å². The second-order valence-corrected chi connectivity index (χ2v) is 5.37. The molecule has 0 amide bonds. The Kier molecular flexibility index (Phi) is 3.37. The highest BCUT2D eigenvalue weighted by atomic mass is 16.5. The minimum atomic E-state index is -0.465. The van der Waals surface area contributed by atoms with Crippen molar-refractivity contribution in [3.8, 4) is 11.5 Å². The van der Waals surface area contributed by atoms with Crippen molar-refractivity contribution < 1.29 is 19.3 Å². The second kappa shape index (κ2) is 5.02. The third-order valence-corrected chi connectivity index (χ3v) is 4.09. The molecule has 2 heterocycles. The van der Waals surface area contributed by atoms with Crippen LogP contribution >= 0.6 is 0 Å². The summed E-state index contributed by atoms with van der Waals surface area (Å²) in [5.41, 5.74) is 0.575. The van der Waals surface area contributed by atoms with Crippen molar-refractivity contribution in [2.24, 2.45) is 0 Å². The van der Waals surface area contributed by atoms with Crippen molar-refractivity contribution in [1.29, 1.82) is 0 Å². The van der Waals surface area contributed by atoms with Gasteiger partial charge in [0.2, 0.25) is 0 Å². The highest BCUT2D eigenvalue weighted by molar-refractivity contribution is 5.44. The molecule has 1 N–H and O–H groups in total. The van der Waals surface area contributed by atoms with E-state index in [-0.39, 0.29) is 5.60 Å². The first-order valence-corrected chi connectivity index (χ1v) is 6.85. The van der Waals surface area contributed by atoms with Crippen LogP contribution in [0, 0.1) is 0 Å². The van der Waals surface area contributed by atoms with Gasteiger partial charge in [-0.05, 0) is 25.0 Å². The number of hydrogen-bond acceptors (Lipinski definition) is 4. The average molecular weight is 264 g/mol. The lowest BCUT2D eigenvalue weighted by Crippen LogP contribution is -2.41. The van der Waals surface area contributed by atoms with Crippen molar-refractivity contribution in [2.45, 2.75) is 37.4 Å². The zero-order chi connectivity index (χ0) is 13.3. The van der Waals surface area contributed by atoms with E-state index in [1.54, 1.807) is 7.11 Å². The van der Waals surface area contributed by atoms with E-state index in [4.69, 9.17) is 14.2 Å². The molecule has 104 valence electrons. The molecule has 2 aliphatic rings. The summed E-state index contributed by atoms with van der Waals surface area (Å²) in [6.45, 7) is 1.48. The minimum absolute atomic E-state index is 0.282. The molecule has 1 aromatic rings. The van der Waals surface area contributed by atoms with Crippen LogP contribution in [0.5, 0.6) is 11.5 Å². The number of aliphatic hydroxyl groups excluding tert-OH is 1. The van der Waals surface area contributed by atoms with Crippen LogP contribution < -0.4 is 9.47 Å². The molecule has 1 aromatic carbocycles. The molecule has 0 aromatic heterocycles. The van der Waals surface area contributed by atoms with E-state index in [1.165, 1.54) is 0 Å². The van der Waals surface area contributed by atoms with Crippen LogP contribution in [0.4, 0.5) is 0 Å². The van der Waals surface area contributed by atoms with Crippen LogP contribution in [0.3, 0.4) is 0 Å². The lowest BCUT2D eigenvalue weighted by atomic mass is 9.83. The number of hydrogen-bond donors (Lipinski definition) is 1. The Balaban J connectivity index is 1.92. The van der Waals surface area contributed by atoms with E-state index in [2.05, 4.69) is 0 Å². The Morgan fingerprint density at radius 3 is 3.05 bits per heavy atom. The zero-order valence-electron chi connectivity index (χ0n) is 11.2. The number of rotatable bonds is 1. The van der Waals surface area contributed by atoms with Gasteiger partial charge in [-0.1, -0.05) is 0 Å². The molecule has 0 radical (unpaired) electrons. The van der Waals surface area contributed by atoms with Gasteiger partial charge in [0.15, 0.2) is 0 Å². The molecular weight excluding hydrogens is 244 g/mol. The quantitative estimate of drug-likeness (QED) is 0.846.